The van der Waals surface area contributed by atoms with Gasteiger partial charge in [-0.2, -0.15) is 4.68 Å². The van der Waals surface area contributed by atoms with Gasteiger partial charge in [0, 0.05) is 37.2 Å². The molecule has 0 radical (unpaired) electrons. The van der Waals surface area contributed by atoms with Crippen molar-refractivity contribution in [1.29, 1.82) is 0 Å². The topological polar surface area (TPSA) is 101 Å². The Kier molecular flexibility index (Phi) is 4.87. The smallest absolute Gasteiger partial charge is 0.256 e. The number of piperazine rings is 1. The van der Waals surface area contributed by atoms with Crippen molar-refractivity contribution in [2.24, 2.45) is 0 Å². The van der Waals surface area contributed by atoms with Gasteiger partial charge in [-0.1, -0.05) is 11.6 Å². The molecule has 9 nitrogen and oxygen atoms in total. The second-order valence-corrected chi connectivity index (χ2v) is 9.47. The molecule has 2 saturated heterocycles. The summed E-state index contributed by atoms with van der Waals surface area (Å²) < 4.78 is 24.8. The lowest BCUT2D eigenvalue weighted by Gasteiger charge is -2.37. The first-order valence-corrected chi connectivity index (χ1v) is 10.9. The Labute approximate surface area is 161 Å². The first-order valence-electron chi connectivity index (χ1n) is 8.70. The number of benzene rings is 1. The lowest BCUT2D eigenvalue weighted by Crippen LogP contribution is -2.52. The SMILES string of the molecule is O=C(c1ccc(Cl)cc1-n1cnnn1)N1CCN(C2CCS(=O)(=O)C2)CC1. The quantitative estimate of drug-likeness (QED) is 0.715. The minimum Gasteiger partial charge on any atom is -0.336 e. The van der Waals surface area contributed by atoms with Crippen LogP contribution >= 0.6 is 11.6 Å². The van der Waals surface area contributed by atoms with E-state index in [0.717, 1.165) is 0 Å². The monoisotopic (exact) mass is 410 g/mol. The fourth-order valence-electron chi connectivity index (χ4n) is 3.67. The number of amides is 1. The zero-order chi connectivity index (χ0) is 19.0. The molecule has 0 saturated carbocycles. The Morgan fingerprint density at radius 2 is 1.96 bits per heavy atom. The van der Waals surface area contributed by atoms with E-state index in [0.29, 0.717) is 48.9 Å². The molecule has 144 valence electrons. The number of nitrogens with zero attached hydrogens (tertiary/aromatic N) is 6. The number of sulfone groups is 1. The highest BCUT2D eigenvalue weighted by molar-refractivity contribution is 7.91. The minimum atomic E-state index is -2.91. The minimum absolute atomic E-state index is 0.0690. The molecule has 0 spiro atoms. The number of hydrogen-bond acceptors (Lipinski definition) is 7. The summed E-state index contributed by atoms with van der Waals surface area (Å²) >= 11 is 6.08. The van der Waals surface area contributed by atoms with E-state index in [-0.39, 0.29) is 23.5 Å². The number of rotatable bonds is 3. The van der Waals surface area contributed by atoms with Gasteiger partial charge in [0.2, 0.25) is 0 Å². The van der Waals surface area contributed by atoms with Crippen LogP contribution in [0.3, 0.4) is 0 Å². The van der Waals surface area contributed by atoms with Crippen molar-refractivity contribution >= 4 is 27.3 Å². The fourth-order valence-corrected chi connectivity index (χ4v) is 5.60. The Morgan fingerprint density at radius 3 is 2.59 bits per heavy atom. The fraction of sp³-hybridized carbons (Fsp3) is 0.500. The molecular weight excluding hydrogens is 392 g/mol. The summed E-state index contributed by atoms with van der Waals surface area (Å²) in [6, 6.07) is 5.07. The second kappa shape index (κ2) is 7.17. The third-order valence-electron chi connectivity index (χ3n) is 5.11. The predicted molar refractivity (Wildman–Crippen MR) is 98.7 cm³/mol. The maximum Gasteiger partial charge on any atom is 0.256 e. The third kappa shape index (κ3) is 3.83. The molecule has 2 aliphatic heterocycles. The van der Waals surface area contributed by atoms with Crippen molar-refractivity contribution in [2.75, 3.05) is 37.7 Å². The van der Waals surface area contributed by atoms with Crippen LogP contribution in [0.4, 0.5) is 0 Å². The van der Waals surface area contributed by atoms with Gasteiger partial charge in [-0.05, 0) is 35.0 Å². The van der Waals surface area contributed by atoms with Crippen LogP contribution in [0.5, 0.6) is 0 Å². The molecule has 4 rings (SSSR count). The molecule has 0 bridgehead atoms. The van der Waals surface area contributed by atoms with Crippen LogP contribution in [-0.2, 0) is 9.84 Å². The highest BCUT2D eigenvalue weighted by atomic mass is 35.5. The normalized spacial score (nSPS) is 22.9. The molecule has 1 aromatic heterocycles. The zero-order valence-corrected chi connectivity index (χ0v) is 16.1. The summed E-state index contributed by atoms with van der Waals surface area (Å²) in [5.41, 5.74) is 1.01. The molecule has 1 atom stereocenters. The van der Waals surface area contributed by atoms with E-state index in [1.807, 2.05) is 0 Å². The Bertz CT molecular complexity index is 941. The van der Waals surface area contributed by atoms with Crippen LogP contribution in [0.1, 0.15) is 16.8 Å². The lowest BCUT2D eigenvalue weighted by atomic mass is 10.1. The Hall–Kier alpha value is -2.04. The van der Waals surface area contributed by atoms with Crippen LogP contribution < -0.4 is 0 Å². The highest BCUT2D eigenvalue weighted by Gasteiger charge is 2.34. The summed E-state index contributed by atoms with van der Waals surface area (Å²) in [6.07, 6.45) is 2.10. The van der Waals surface area contributed by atoms with Crippen LogP contribution in [0, 0.1) is 0 Å². The maximum atomic E-state index is 13.0. The van der Waals surface area contributed by atoms with Crippen LogP contribution in [-0.4, -0.2) is 88.1 Å². The number of aromatic nitrogens is 4. The van der Waals surface area contributed by atoms with Gasteiger partial charge in [0.15, 0.2) is 9.84 Å². The summed E-state index contributed by atoms with van der Waals surface area (Å²) in [4.78, 5) is 17.0. The zero-order valence-electron chi connectivity index (χ0n) is 14.5. The molecular formula is C16H19ClN6O3S. The van der Waals surface area contributed by atoms with Gasteiger partial charge in [-0.25, -0.2) is 8.42 Å². The van der Waals surface area contributed by atoms with Gasteiger partial charge in [0.05, 0.1) is 22.8 Å². The molecule has 2 aromatic rings. The van der Waals surface area contributed by atoms with Crippen molar-refractivity contribution < 1.29 is 13.2 Å². The van der Waals surface area contributed by atoms with Crippen molar-refractivity contribution in [3.05, 3.63) is 35.1 Å². The van der Waals surface area contributed by atoms with E-state index in [1.165, 1.54) is 11.0 Å². The lowest BCUT2D eigenvalue weighted by molar-refractivity contribution is 0.0587. The van der Waals surface area contributed by atoms with Crippen molar-refractivity contribution in [1.82, 2.24) is 30.0 Å². The molecule has 2 aliphatic rings. The molecule has 2 fully saturated rings. The van der Waals surface area contributed by atoms with Gasteiger partial charge in [-0.3, -0.25) is 9.69 Å². The summed E-state index contributed by atoms with van der Waals surface area (Å²) in [7, 11) is -2.91. The summed E-state index contributed by atoms with van der Waals surface area (Å²) in [6.45, 7) is 2.43. The predicted octanol–water partition coefficient (Wildman–Crippen LogP) is 0.261. The maximum absolute atomic E-state index is 13.0. The Balaban J connectivity index is 1.48. The van der Waals surface area contributed by atoms with Crippen LogP contribution in [0.15, 0.2) is 24.5 Å². The van der Waals surface area contributed by atoms with Gasteiger partial charge in [-0.15, -0.1) is 5.10 Å². The number of halogens is 1. The number of hydrogen-bond donors (Lipinski definition) is 0. The summed E-state index contributed by atoms with van der Waals surface area (Å²) in [5.74, 6) is 0.370. The molecule has 1 amide bonds. The van der Waals surface area contributed by atoms with Gasteiger partial charge >= 0.3 is 0 Å². The average molecular weight is 411 g/mol. The van der Waals surface area contributed by atoms with Gasteiger partial charge < -0.3 is 4.90 Å². The van der Waals surface area contributed by atoms with E-state index in [4.69, 9.17) is 11.6 Å². The second-order valence-electron chi connectivity index (χ2n) is 6.80. The van der Waals surface area contributed by atoms with E-state index >= 15 is 0 Å². The number of carbonyl (C=O) groups is 1. The number of tetrazole rings is 1. The van der Waals surface area contributed by atoms with Gasteiger partial charge in [0.25, 0.3) is 5.91 Å². The molecule has 0 N–H and O–H groups in total. The van der Waals surface area contributed by atoms with Crippen LogP contribution in [0.2, 0.25) is 5.02 Å². The third-order valence-corrected chi connectivity index (χ3v) is 7.10. The molecule has 0 aliphatic carbocycles. The van der Waals surface area contributed by atoms with Crippen molar-refractivity contribution in [3.63, 3.8) is 0 Å². The largest absolute Gasteiger partial charge is 0.336 e. The average Bonchev–Trinajstić information content (AvgIpc) is 3.31. The van der Waals surface area contributed by atoms with Crippen molar-refractivity contribution in [3.8, 4) is 5.69 Å². The molecule has 3 heterocycles. The van der Waals surface area contributed by atoms with E-state index in [2.05, 4.69) is 20.4 Å². The van der Waals surface area contributed by atoms with Crippen LogP contribution in [0.25, 0.3) is 5.69 Å². The first kappa shape index (κ1) is 18.3. The molecule has 11 heteroatoms. The van der Waals surface area contributed by atoms with E-state index < -0.39 is 9.84 Å². The van der Waals surface area contributed by atoms with Gasteiger partial charge in [0.1, 0.15) is 6.33 Å². The molecule has 1 aromatic carbocycles. The Morgan fingerprint density at radius 1 is 1.19 bits per heavy atom. The van der Waals surface area contributed by atoms with E-state index in [9.17, 15) is 13.2 Å². The first-order chi connectivity index (χ1) is 12.9. The number of carbonyl (C=O) groups excluding carboxylic acids is 1. The molecule has 27 heavy (non-hydrogen) atoms. The summed E-state index contributed by atoms with van der Waals surface area (Å²) in [5, 5.41) is 11.6. The molecule has 1 unspecified atom stereocenters. The standard InChI is InChI=1S/C16H19ClN6O3S/c17-12-1-2-14(15(9-12)23-11-18-19-20-23)16(24)22-6-4-21(5-7-22)13-3-8-27(25,26)10-13/h1-2,9,11,13H,3-8,10H2. The highest BCUT2D eigenvalue weighted by Crippen LogP contribution is 2.23. The van der Waals surface area contributed by atoms with E-state index in [1.54, 1.807) is 23.1 Å². The van der Waals surface area contributed by atoms with Crippen molar-refractivity contribution in [2.45, 2.75) is 12.5 Å².